The van der Waals surface area contributed by atoms with Crippen molar-refractivity contribution in [2.75, 3.05) is 13.1 Å². The van der Waals surface area contributed by atoms with Crippen molar-refractivity contribution in [3.8, 4) is 0 Å². The predicted octanol–water partition coefficient (Wildman–Crippen LogP) is 1.58. The third kappa shape index (κ3) is 3.68. The van der Waals surface area contributed by atoms with Gasteiger partial charge in [-0.25, -0.2) is 13.2 Å². The van der Waals surface area contributed by atoms with Gasteiger partial charge in [0.1, 0.15) is 5.54 Å². The summed E-state index contributed by atoms with van der Waals surface area (Å²) in [5.74, 6) is -1.41. The van der Waals surface area contributed by atoms with Gasteiger partial charge in [-0.05, 0) is 43.5 Å². The number of nitrogens with zero attached hydrogens (tertiary/aromatic N) is 2. The number of hydrazine groups is 1. The second-order valence-electron chi connectivity index (χ2n) is 7.64. The summed E-state index contributed by atoms with van der Waals surface area (Å²) >= 11 is 0. The zero-order valence-electron chi connectivity index (χ0n) is 16.9. The lowest BCUT2D eigenvalue weighted by Crippen LogP contribution is -2.47. The van der Waals surface area contributed by atoms with Crippen LogP contribution in [0.4, 0.5) is 4.79 Å². The summed E-state index contributed by atoms with van der Waals surface area (Å²) in [6.45, 7) is 2.44. The van der Waals surface area contributed by atoms with Crippen LogP contribution in [-0.2, 0) is 20.4 Å². The number of urea groups is 1. The minimum Gasteiger partial charge on any atom is -0.318 e. The lowest BCUT2D eigenvalue weighted by Gasteiger charge is -2.22. The summed E-state index contributed by atoms with van der Waals surface area (Å²) < 4.78 is 26.9. The fraction of sp³-hybridized carbons (Fsp3) is 0.286. The smallest absolute Gasteiger partial charge is 0.318 e. The quantitative estimate of drug-likeness (QED) is 0.682. The molecule has 0 saturated carbocycles. The maximum Gasteiger partial charge on any atom is 0.344 e. The maximum atomic E-state index is 12.9. The second-order valence-corrected chi connectivity index (χ2v) is 9.58. The van der Waals surface area contributed by atoms with Gasteiger partial charge in [0.2, 0.25) is 10.0 Å². The van der Waals surface area contributed by atoms with Crippen LogP contribution in [0.15, 0.2) is 59.5 Å². The van der Waals surface area contributed by atoms with Crippen LogP contribution in [0.3, 0.4) is 0 Å². The van der Waals surface area contributed by atoms with Gasteiger partial charge in [-0.2, -0.15) is 9.31 Å². The molecule has 0 radical (unpaired) electrons. The van der Waals surface area contributed by atoms with Gasteiger partial charge in [0.15, 0.2) is 0 Å². The molecular weight excluding hydrogens is 420 g/mol. The van der Waals surface area contributed by atoms with E-state index >= 15 is 0 Å². The van der Waals surface area contributed by atoms with E-state index in [1.807, 2.05) is 0 Å². The van der Waals surface area contributed by atoms with Crippen LogP contribution in [0.25, 0.3) is 0 Å². The number of rotatable bonds is 5. The highest BCUT2D eigenvalue weighted by atomic mass is 32.2. The third-order valence-electron chi connectivity index (χ3n) is 5.55. The van der Waals surface area contributed by atoms with Crippen LogP contribution in [-0.4, -0.2) is 48.7 Å². The van der Waals surface area contributed by atoms with Crippen LogP contribution < -0.4 is 10.7 Å². The molecule has 2 aromatic rings. The molecule has 0 unspecified atom stereocenters. The van der Waals surface area contributed by atoms with Crippen molar-refractivity contribution >= 4 is 27.9 Å². The summed E-state index contributed by atoms with van der Waals surface area (Å²) in [7, 11) is -3.70. The van der Waals surface area contributed by atoms with E-state index in [9.17, 15) is 22.8 Å². The molecule has 0 aliphatic carbocycles. The number of amides is 4. The molecule has 10 heteroatoms. The first-order chi connectivity index (χ1) is 14.7. The van der Waals surface area contributed by atoms with E-state index in [4.69, 9.17) is 0 Å². The molecule has 0 bridgehead atoms. The molecule has 2 heterocycles. The average Bonchev–Trinajstić information content (AvgIpc) is 3.39. The van der Waals surface area contributed by atoms with Crippen LogP contribution in [0.5, 0.6) is 0 Å². The lowest BCUT2D eigenvalue weighted by atomic mass is 9.92. The molecule has 2 fully saturated rings. The van der Waals surface area contributed by atoms with Crippen LogP contribution in [0.2, 0.25) is 0 Å². The normalized spacial score (nSPS) is 21.9. The highest BCUT2D eigenvalue weighted by Gasteiger charge is 2.50. The fourth-order valence-corrected chi connectivity index (χ4v) is 5.31. The Morgan fingerprint density at radius 2 is 1.71 bits per heavy atom. The van der Waals surface area contributed by atoms with Crippen molar-refractivity contribution in [1.82, 2.24) is 20.1 Å². The zero-order valence-corrected chi connectivity index (χ0v) is 17.7. The Bertz CT molecular complexity index is 1150. The fourth-order valence-electron chi connectivity index (χ4n) is 3.75. The van der Waals surface area contributed by atoms with Gasteiger partial charge >= 0.3 is 6.03 Å². The highest BCUT2D eigenvalue weighted by Crippen LogP contribution is 2.28. The molecule has 31 heavy (non-hydrogen) atoms. The van der Waals surface area contributed by atoms with E-state index in [0.717, 1.165) is 12.8 Å². The number of benzene rings is 2. The molecule has 0 spiro atoms. The molecule has 4 amide bonds. The number of imide groups is 1. The largest absolute Gasteiger partial charge is 0.344 e. The first-order valence-electron chi connectivity index (χ1n) is 9.87. The van der Waals surface area contributed by atoms with Crippen LogP contribution in [0, 0.1) is 0 Å². The van der Waals surface area contributed by atoms with Gasteiger partial charge < -0.3 is 5.32 Å². The monoisotopic (exact) mass is 442 g/mol. The number of hydrogen-bond donors (Lipinski definition) is 2. The zero-order chi connectivity index (χ0) is 22.2. The van der Waals surface area contributed by atoms with Crippen LogP contribution >= 0.6 is 0 Å². The van der Waals surface area contributed by atoms with Gasteiger partial charge in [0.25, 0.3) is 11.8 Å². The Labute approximate surface area is 180 Å². The molecular formula is C21H22N4O5S. The third-order valence-corrected chi connectivity index (χ3v) is 7.45. The van der Waals surface area contributed by atoms with Gasteiger partial charge in [0, 0.05) is 18.7 Å². The van der Waals surface area contributed by atoms with Gasteiger partial charge in [-0.15, -0.1) is 0 Å². The summed E-state index contributed by atoms with van der Waals surface area (Å²) in [4.78, 5) is 38.1. The SMILES string of the molecule is C[C@@]1(c2ccccc2)NC(=O)N(NC(=O)c2cccc(S(=O)(=O)N3CCCC3)c2)C1=O. The molecule has 162 valence electrons. The first kappa shape index (κ1) is 21.0. The Morgan fingerprint density at radius 3 is 2.39 bits per heavy atom. The van der Waals surface area contributed by atoms with Gasteiger partial charge in [-0.1, -0.05) is 36.4 Å². The first-order valence-corrected chi connectivity index (χ1v) is 11.3. The molecule has 2 aromatic carbocycles. The summed E-state index contributed by atoms with van der Waals surface area (Å²) in [6, 6.07) is 13.5. The maximum absolute atomic E-state index is 12.9. The molecule has 4 rings (SSSR count). The number of sulfonamides is 1. The number of nitrogens with one attached hydrogen (secondary N) is 2. The van der Waals surface area contributed by atoms with E-state index in [1.165, 1.54) is 28.6 Å². The van der Waals surface area contributed by atoms with E-state index in [2.05, 4.69) is 10.7 Å². The summed E-state index contributed by atoms with van der Waals surface area (Å²) in [6.07, 6.45) is 1.59. The van der Waals surface area contributed by atoms with Crippen molar-refractivity contribution in [2.45, 2.75) is 30.2 Å². The van der Waals surface area contributed by atoms with Crippen LogP contribution in [0.1, 0.15) is 35.7 Å². The molecule has 2 aliphatic heterocycles. The van der Waals surface area contributed by atoms with Crippen molar-refractivity contribution in [2.24, 2.45) is 0 Å². The minimum absolute atomic E-state index is 0.00614. The standard InChI is InChI=1S/C21H22N4O5S/c1-21(16-9-3-2-4-10-16)19(27)25(20(28)22-21)23-18(26)15-8-7-11-17(14-15)31(29,30)24-12-5-6-13-24/h2-4,7-11,14H,5-6,12-13H2,1H3,(H,22,28)(H,23,26)/t21-/m0/s1. The van der Waals surface area contributed by atoms with E-state index in [-0.39, 0.29) is 10.5 Å². The molecule has 2 N–H and O–H groups in total. The Hall–Kier alpha value is -3.24. The van der Waals surface area contributed by atoms with Crippen molar-refractivity contribution in [1.29, 1.82) is 0 Å². The number of carbonyl (C=O) groups is 3. The Morgan fingerprint density at radius 1 is 1.03 bits per heavy atom. The van der Waals surface area contributed by atoms with E-state index in [0.29, 0.717) is 23.7 Å². The molecule has 1 atom stereocenters. The second kappa shape index (κ2) is 7.78. The molecule has 2 aliphatic rings. The summed E-state index contributed by atoms with van der Waals surface area (Å²) in [5.41, 5.74) is 1.56. The molecule has 0 aromatic heterocycles. The number of carbonyl (C=O) groups excluding carboxylic acids is 3. The van der Waals surface area contributed by atoms with E-state index in [1.54, 1.807) is 37.3 Å². The van der Waals surface area contributed by atoms with Crippen molar-refractivity contribution in [3.05, 3.63) is 65.7 Å². The topological polar surface area (TPSA) is 116 Å². The molecule has 9 nitrogen and oxygen atoms in total. The van der Waals surface area contributed by atoms with E-state index < -0.39 is 33.4 Å². The molecule has 2 saturated heterocycles. The lowest BCUT2D eigenvalue weighted by molar-refractivity contribution is -0.132. The number of hydrogen-bond acceptors (Lipinski definition) is 5. The highest BCUT2D eigenvalue weighted by molar-refractivity contribution is 7.89. The predicted molar refractivity (Wildman–Crippen MR) is 111 cm³/mol. The van der Waals surface area contributed by atoms with Gasteiger partial charge in [-0.3, -0.25) is 15.0 Å². The Balaban J connectivity index is 1.55. The average molecular weight is 442 g/mol. The van der Waals surface area contributed by atoms with Crippen molar-refractivity contribution < 1.29 is 22.8 Å². The minimum atomic E-state index is -3.70. The van der Waals surface area contributed by atoms with Gasteiger partial charge in [0.05, 0.1) is 4.90 Å². The van der Waals surface area contributed by atoms with Crippen molar-refractivity contribution in [3.63, 3.8) is 0 Å². The Kier molecular flexibility index (Phi) is 5.28. The summed E-state index contributed by atoms with van der Waals surface area (Å²) in [5, 5.41) is 3.22.